The van der Waals surface area contributed by atoms with Gasteiger partial charge in [-0.15, -0.1) is 0 Å². The quantitative estimate of drug-likeness (QED) is 0.668. The molecule has 3 rings (SSSR count). The highest BCUT2D eigenvalue weighted by molar-refractivity contribution is 5.98. The summed E-state index contributed by atoms with van der Waals surface area (Å²) in [5, 5.41) is 6.19. The van der Waals surface area contributed by atoms with Gasteiger partial charge >= 0.3 is 0 Å². The predicted molar refractivity (Wildman–Crippen MR) is 94.1 cm³/mol. The average Bonchev–Trinajstić information content (AvgIpc) is 3.04. The van der Waals surface area contributed by atoms with Gasteiger partial charge in [-0.05, 0) is 48.4 Å². The second-order valence-electron chi connectivity index (χ2n) is 5.70. The van der Waals surface area contributed by atoms with Crippen LogP contribution in [0.25, 0.3) is 10.9 Å². The van der Waals surface area contributed by atoms with Crippen molar-refractivity contribution in [1.29, 1.82) is 0 Å². The number of aromatic nitrogens is 1. The third-order valence-electron chi connectivity index (χ3n) is 3.97. The van der Waals surface area contributed by atoms with Crippen molar-refractivity contribution in [2.75, 3.05) is 13.6 Å². The van der Waals surface area contributed by atoms with Gasteiger partial charge in [0, 0.05) is 30.1 Å². The second-order valence-corrected chi connectivity index (χ2v) is 5.70. The van der Waals surface area contributed by atoms with Gasteiger partial charge in [-0.2, -0.15) is 0 Å². The van der Waals surface area contributed by atoms with Gasteiger partial charge in [0.05, 0.1) is 0 Å². The highest BCUT2D eigenvalue weighted by atomic mass is 19.1. The third-order valence-corrected chi connectivity index (χ3v) is 3.97. The predicted octanol–water partition coefficient (Wildman–Crippen LogP) is 2.64. The molecule has 0 radical (unpaired) electrons. The molecule has 1 heterocycles. The van der Waals surface area contributed by atoms with E-state index >= 15 is 0 Å². The third kappa shape index (κ3) is 3.85. The van der Waals surface area contributed by atoms with Gasteiger partial charge < -0.3 is 15.6 Å². The first-order chi connectivity index (χ1) is 12.1. The zero-order valence-electron chi connectivity index (χ0n) is 13.7. The highest BCUT2D eigenvalue weighted by Crippen LogP contribution is 2.16. The summed E-state index contributed by atoms with van der Waals surface area (Å²) in [7, 11) is 1.59. The van der Waals surface area contributed by atoms with Crippen LogP contribution in [0, 0.1) is 5.82 Å². The van der Waals surface area contributed by atoms with Crippen molar-refractivity contribution in [3.8, 4) is 0 Å². The first-order valence-corrected chi connectivity index (χ1v) is 7.94. The molecule has 0 aliphatic carbocycles. The maximum absolute atomic E-state index is 13.2. The summed E-state index contributed by atoms with van der Waals surface area (Å²) in [6.07, 6.45) is 0.647. The number of fused-ring (bicyclic) bond motifs is 1. The largest absolute Gasteiger partial charge is 0.355 e. The number of H-pyrrole nitrogens is 1. The molecule has 3 N–H and O–H groups in total. The monoisotopic (exact) mass is 339 g/mol. The first kappa shape index (κ1) is 16.7. The lowest BCUT2D eigenvalue weighted by Crippen LogP contribution is -2.26. The zero-order valence-corrected chi connectivity index (χ0v) is 13.7. The summed E-state index contributed by atoms with van der Waals surface area (Å²) in [6.45, 7) is 0.460. The minimum absolute atomic E-state index is 0.130. The molecule has 2 amide bonds. The molecule has 0 saturated heterocycles. The topological polar surface area (TPSA) is 74.0 Å². The van der Waals surface area contributed by atoms with Gasteiger partial charge in [-0.25, -0.2) is 4.39 Å². The smallest absolute Gasteiger partial charge is 0.267 e. The molecule has 6 heteroatoms. The molecule has 5 nitrogen and oxygen atoms in total. The van der Waals surface area contributed by atoms with Gasteiger partial charge in [0.1, 0.15) is 11.5 Å². The number of amides is 2. The van der Waals surface area contributed by atoms with Gasteiger partial charge in [-0.3, -0.25) is 9.59 Å². The molecular weight excluding hydrogens is 321 g/mol. The number of hydrogen-bond donors (Lipinski definition) is 3. The molecule has 0 unspecified atom stereocenters. The van der Waals surface area contributed by atoms with Crippen LogP contribution in [0.4, 0.5) is 4.39 Å². The van der Waals surface area contributed by atoms with E-state index in [9.17, 15) is 14.0 Å². The summed E-state index contributed by atoms with van der Waals surface area (Å²) in [5.74, 6) is -0.713. The first-order valence-electron chi connectivity index (χ1n) is 7.94. The van der Waals surface area contributed by atoms with Crippen molar-refractivity contribution in [2.24, 2.45) is 0 Å². The van der Waals surface area contributed by atoms with Crippen LogP contribution in [-0.4, -0.2) is 30.4 Å². The van der Waals surface area contributed by atoms with Crippen LogP contribution in [-0.2, 0) is 6.42 Å². The summed E-state index contributed by atoms with van der Waals surface area (Å²) < 4.78 is 13.2. The van der Waals surface area contributed by atoms with E-state index in [1.54, 1.807) is 31.3 Å². The summed E-state index contributed by atoms with van der Waals surface area (Å²) in [6, 6.07) is 13.3. The van der Waals surface area contributed by atoms with Crippen molar-refractivity contribution >= 4 is 22.7 Å². The van der Waals surface area contributed by atoms with Gasteiger partial charge in [0.15, 0.2) is 0 Å². The fourth-order valence-electron chi connectivity index (χ4n) is 2.60. The summed E-state index contributed by atoms with van der Waals surface area (Å²) in [5.41, 5.74) is 2.61. The standard InChI is InChI=1S/C19H18FN3O2/c1-21-18(24)13-4-2-12(3-5-13)8-9-22-19(25)17-10-14-6-7-15(20)11-16(14)23-17/h2-7,10-11,23H,8-9H2,1H3,(H,21,24)(H,22,25). The Morgan fingerprint density at radius 1 is 1.04 bits per heavy atom. The van der Waals surface area contributed by atoms with Crippen LogP contribution in [0.1, 0.15) is 26.4 Å². The van der Waals surface area contributed by atoms with Crippen LogP contribution in [0.2, 0.25) is 0 Å². The minimum atomic E-state index is -0.346. The number of nitrogens with one attached hydrogen (secondary N) is 3. The molecule has 3 aromatic rings. The lowest BCUT2D eigenvalue weighted by Gasteiger charge is -2.05. The molecular formula is C19H18FN3O2. The molecule has 0 aliphatic heterocycles. The SMILES string of the molecule is CNC(=O)c1ccc(CCNC(=O)c2cc3ccc(F)cc3[nH]2)cc1. The van der Waals surface area contributed by atoms with Crippen LogP contribution in [0.15, 0.2) is 48.5 Å². The number of halogens is 1. The number of carbonyl (C=O) groups excluding carboxylic acids is 2. The van der Waals surface area contributed by atoms with E-state index in [4.69, 9.17) is 0 Å². The Labute approximate surface area is 144 Å². The number of rotatable bonds is 5. The fourth-order valence-corrected chi connectivity index (χ4v) is 2.60. The van der Waals surface area contributed by atoms with Gasteiger partial charge in [0.25, 0.3) is 11.8 Å². The maximum Gasteiger partial charge on any atom is 0.267 e. The number of benzene rings is 2. The Hall–Kier alpha value is -3.15. The van der Waals surface area contributed by atoms with Crippen LogP contribution in [0.3, 0.4) is 0 Å². The Kier molecular flexibility index (Phi) is 4.79. The van der Waals surface area contributed by atoms with E-state index in [1.165, 1.54) is 12.1 Å². The van der Waals surface area contributed by atoms with Crippen molar-refractivity contribution < 1.29 is 14.0 Å². The van der Waals surface area contributed by atoms with Crippen molar-refractivity contribution in [3.63, 3.8) is 0 Å². The number of aromatic amines is 1. The van der Waals surface area contributed by atoms with E-state index in [2.05, 4.69) is 15.6 Å². The molecule has 1 aromatic heterocycles. The van der Waals surface area contributed by atoms with E-state index in [1.807, 2.05) is 12.1 Å². The minimum Gasteiger partial charge on any atom is -0.355 e. The molecule has 0 saturated carbocycles. The molecule has 2 aromatic carbocycles. The lowest BCUT2D eigenvalue weighted by atomic mass is 10.1. The van der Waals surface area contributed by atoms with Crippen molar-refractivity contribution in [1.82, 2.24) is 15.6 Å². The zero-order chi connectivity index (χ0) is 17.8. The number of carbonyl (C=O) groups is 2. The Morgan fingerprint density at radius 3 is 2.52 bits per heavy atom. The normalized spacial score (nSPS) is 10.6. The van der Waals surface area contributed by atoms with E-state index < -0.39 is 0 Å². The fraction of sp³-hybridized carbons (Fsp3) is 0.158. The lowest BCUT2D eigenvalue weighted by molar-refractivity contribution is 0.0946. The molecule has 0 spiro atoms. The Bertz CT molecular complexity index is 916. The molecule has 0 fully saturated rings. The van der Waals surface area contributed by atoms with E-state index in [0.717, 1.165) is 10.9 Å². The Morgan fingerprint density at radius 2 is 1.80 bits per heavy atom. The highest BCUT2D eigenvalue weighted by Gasteiger charge is 2.09. The second kappa shape index (κ2) is 7.17. The van der Waals surface area contributed by atoms with E-state index in [-0.39, 0.29) is 17.6 Å². The van der Waals surface area contributed by atoms with Crippen molar-refractivity contribution in [2.45, 2.75) is 6.42 Å². The van der Waals surface area contributed by atoms with Crippen LogP contribution < -0.4 is 10.6 Å². The maximum atomic E-state index is 13.2. The van der Waals surface area contributed by atoms with Crippen LogP contribution in [0.5, 0.6) is 0 Å². The number of hydrogen-bond acceptors (Lipinski definition) is 2. The van der Waals surface area contributed by atoms with Gasteiger partial charge in [-0.1, -0.05) is 12.1 Å². The van der Waals surface area contributed by atoms with E-state index in [0.29, 0.717) is 29.7 Å². The summed E-state index contributed by atoms with van der Waals surface area (Å²) in [4.78, 5) is 26.6. The molecule has 25 heavy (non-hydrogen) atoms. The van der Waals surface area contributed by atoms with Crippen molar-refractivity contribution in [3.05, 3.63) is 71.2 Å². The molecule has 128 valence electrons. The average molecular weight is 339 g/mol. The molecule has 0 bridgehead atoms. The molecule has 0 atom stereocenters. The molecule has 0 aliphatic rings. The Balaban J connectivity index is 1.57. The summed E-state index contributed by atoms with van der Waals surface area (Å²) >= 11 is 0. The van der Waals surface area contributed by atoms with Gasteiger partial charge in [0.2, 0.25) is 0 Å². The van der Waals surface area contributed by atoms with Crippen LogP contribution >= 0.6 is 0 Å².